The molecular weight excluding hydrogens is 344 g/mol. The summed E-state index contributed by atoms with van der Waals surface area (Å²) in [6.07, 6.45) is 1.56. The second kappa shape index (κ2) is 7.28. The molecule has 27 heavy (non-hydrogen) atoms. The molecule has 1 aliphatic rings. The average Bonchev–Trinajstić information content (AvgIpc) is 3.29. The van der Waals surface area contributed by atoms with Gasteiger partial charge in [0.05, 0.1) is 18.8 Å². The third kappa shape index (κ3) is 3.64. The lowest BCUT2D eigenvalue weighted by Crippen LogP contribution is -2.36. The van der Waals surface area contributed by atoms with Gasteiger partial charge in [-0.2, -0.15) is 5.10 Å². The van der Waals surface area contributed by atoms with Gasteiger partial charge in [-0.05, 0) is 17.7 Å². The zero-order chi connectivity index (χ0) is 18.6. The summed E-state index contributed by atoms with van der Waals surface area (Å²) in [7, 11) is 0. The molecule has 3 aromatic rings. The number of hydrogen-bond donors (Lipinski definition) is 3. The van der Waals surface area contributed by atoms with Crippen molar-refractivity contribution in [3.05, 3.63) is 77.2 Å². The first-order valence-electron chi connectivity index (χ1n) is 8.56. The molecule has 136 valence electrons. The molecule has 0 fully saturated rings. The largest absolute Gasteiger partial charge is 0.334 e. The van der Waals surface area contributed by atoms with Gasteiger partial charge in [-0.15, -0.1) is 0 Å². The fourth-order valence-corrected chi connectivity index (χ4v) is 2.94. The number of fused-ring (bicyclic) bond motifs is 1. The number of pyridine rings is 1. The van der Waals surface area contributed by atoms with Crippen molar-refractivity contribution >= 4 is 17.8 Å². The topological polar surface area (TPSA) is 103 Å². The van der Waals surface area contributed by atoms with Crippen molar-refractivity contribution in [3.63, 3.8) is 0 Å². The third-order valence-corrected chi connectivity index (χ3v) is 4.35. The molecule has 0 atom stereocenters. The van der Waals surface area contributed by atoms with Crippen molar-refractivity contribution in [2.24, 2.45) is 0 Å². The van der Waals surface area contributed by atoms with E-state index in [1.807, 2.05) is 30.3 Å². The van der Waals surface area contributed by atoms with Crippen molar-refractivity contribution in [1.82, 2.24) is 25.4 Å². The number of carbonyl (C=O) groups excluding carboxylic acids is 2. The van der Waals surface area contributed by atoms with Gasteiger partial charge in [0, 0.05) is 18.3 Å². The van der Waals surface area contributed by atoms with E-state index in [0.717, 1.165) is 16.8 Å². The number of H-pyrrole nitrogens is 1. The van der Waals surface area contributed by atoms with Gasteiger partial charge < -0.3 is 15.5 Å². The van der Waals surface area contributed by atoms with E-state index >= 15 is 0 Å². The Morgan fingerprint density at radius 2 is 1.89 bits per heavy atom. The van der Waals surface area contributed by atoms with Crippen LogP contribution in [0.4, 0.5) is 10.6 Å². The van der Waals surface area contributed by atoms with Crippen molar-refractivity contribution < 1.29 is 9.59 Å². The summed E-state index contributed by atoms with van der Waals surface area (Å²) in [5, 5.41) is 12.7. The number of anilines is 1. The maximum atomic E-state index is 12.4. The van der Waals surface area contributed by atoms with Gasteiger partial charge in [0.15, 0.2) is 5.82 Å². The Bertz CT molecular complexity index is 955. The van der Waals surface area contributed by atoms with Crippen LogP contribution in [-0.4, -0.2) is 32.0 Å². The molecule has 0 spiro atoms. The number of urea groups is 1. The minimum atomic E-state index is -0.336. The van der Waals surface area contributed by atoms with E-state index in [4.69, 9.17) is 0 Å². The number of nitrogens with one attached hydrogen (secondary N) is 3. The molecule has 1 aliphatic heterocycles. The predicted molar refractivity (Wildman–Crippen MR) is 98.7 cm³/mol. The molecule has 0 bridgehead atoms. The van der Waals surface area contributed by atoms with Crippen LogP contribution in [0.2, 0.25) is 0 Å². The zero-order valence-corrected chi connectivity index (χ0v) is 14.5. The summed E-state index contributed by atoms with van der Waals surface area (Å²) in [5.74, 6) is 0.0934. The van der Waals surface area contributed by atoms with Gasteiger partial charge in [0.25, 0.3) is 5.91 Å². The molecule has 0 aliphatic carbocycles. The number of carbonyl (C=O) groups is 2. The van der Waals surface area contributed by atoms with Crippen LogP contribution in [0, 0.1) is 0 Å². The Balaban J connectivity index is 1.38. The fourth-order valence-electron chi connectivity index (χ4n) is 2.94. The van der Waals surface area contributed by atoms with Crippen molar-refractivity contribution in [2.75, 3.05) is 5.32 Å². The lowest BCUT2D eigenvalue weighted by molar-refractivity contribution is 0.102. The van der Waals surface area contributed by atoms with Crippen molar-refractivity contribution in [3.8, 4) is 0 Å². The lowest BCUT2D eigenvalue weighted by atomic mass is 10.2. The van der Waals surface area contributed by atoms with Crippen LogP contribution in [-0.2, 0) is 19.6 Å². The zero-order valence-electron chi connectivity index (χ0n) is 14.5. The first-order valence-corrected chi connectivity index (χ1v) is 8.56. The highest BCUT2D eigenvalue weighted by atomic mass is 16.2. The minimum absolute atomic E-state index is 0.162. The number of aromatic nitrogens is 3. The summed E-state index contributed by atoms with van der Waals surface area (Å²) in [6, 6.07) is 14.7. The van der Waals surface area contributed by atoms with Crippen LogP contribution in [0.3, 0.4) is 0 Å². The Morgan fingerprint density at radius 3 is 2.67 bits per heavy atom. The second-order valence-corrected chi connectivity index (χ2v) is 6.20. The molecule has 8 heteroatoms. The average molecular weight is 362 g/mol. The number of aromatic amines is 1. The van der Waals surface area contributed by atoms with E-state index in [1.165, 1.54) is 0 Å². The third-order valence-electron chi connectivity index (χ3n) is 4.35. The summed E-state index contributed by atoms with van der Waals surface area (Å²) in [4.78, 5) is 30.4. The van der Waals surface area contributed by atoms with Gasteiger partial charge >= 0.3 is 6.03 Å². The van der Waals surface area contributed by atoms with E-state index in [2.05, 4.69) is 25.8 Å². The SMILES string of the molecule is O=C(Nc1n[nH]c2c1CN(C(=O)NCc1ccccc1)C2)c1ccccn1. The second-order valence-electron chi connectivity index (χ2n) is 6.20. The van der Waals surface area contributed by atoms with Crippen LogP contribution in [0.1, 0.15) is 27.3 Å². The smallest absolute Gasteiger partial charge is 0.318 e. The minimum Gasteiger partial charge on any atom is -0.334 e. The normalized spacial score (nSPS) is 12.5. The van der Waals surface area contributed by atoms with Gasteiger partial charge in [-0.25, -0.2) is 4.79 Å². The highest BCUT2D eigenvalue weighted by molar-refractivity contribution is 6.02. The highest BCUT2D eigenvalue weighted by Gasteiger charge is 2.29. The molecule has 2 aromatic heterocycles. The lowest BCUT2D eigenvalue weighted by Gasteiger charge is -2.16. The van der Waals surface area contributed by atoms with E-state index < -0.39 is 0 Å². The van der Waals surface area contributed by atoms with Crippen molar-refractivity contribution in [2.45, 2.75) is 19.6 Å². The van der Waals surface area contributed by atoms with E-state index in [0.29, 0.717) is 31.1 Å². The van der Waals surface area contributed by atoms with Gasteiger partial charge in [-0.3, -0.25) is 14.9 Å². The predicted octanol–water partition coefficient (Wildman–Crippen LogP) is 2.28. The number of hydrogen-bond acceptors (Lipinski definition) is 4. The first kappa shape index (κ1) is 16.8. The Kier molecular flexibility index (Phi) is 4.52. The van der Waals surface area contributed by atoms with Crippen LogP contribution in [0.15, 0.2) is 54.7 Å². The van der Waals surface area contributed by atoms with Crippen LogP contribution < -0.4 is 10.6 Å². The van der Waals surface area contributed by atoms with E-state index in [9.17, 15) is 9.59 Å². The molecule has 0 radical (unpaired) electrons. The van der Waals surface area contributed by atoms with Crippen LogP contribution >= 0.6 is 0 Å². The number of nitrogens with zero attached hydrogens (tertiary/aromatic N) is 3. The maximum absolute atomic E-state index is 12.4. The molecule has 8 nitrogen and oxygen atoms in total. The monoisotopic (exact) mass is 362 g/mol. The summed E-state index contributed by atoms with van der Waals surface area (Å²) < 4.78 is 0. The number of benzene rings is 1. The summed E-state index contributed by atoms with van der Waals surface area (Å²) in [5.41, 5.74) is 2.98. The van der Waals surface area contributed by atoms with E-state index in [-0.39, 0.29) is 11.9 Å². The molecule has 3 N–H and O–H groups in total. The molecule has 0 saturated heterocycles. The van der Waals surface area contributed by atoms with E-state index in [1.54, 1.807) is 29.3 Å². The first-order chi connectivity index (χ1) is 13.2. The molecule has 1 aromatic carbocycles. The van der Waals surface area contributed by atoms with Gasteiger partial charge in [0.2, 0.25) is 0 Å². The fraction of sp³-hybridized carbons (Fsp3) is 0.158. The summed E-state index contributed by atoms with van der Waals surface area (Å²) in [6.45, 7) is 1.26. The Labute approximate surface area is 155 Å². The Morgan fingerprint density at radius 1 is 1.07 bits per heavy atom. The van der Waals surface area contributed by atoms with Gasteiger partial charge in [-0.1, -0.05) is 36.4 Å². The quantitative estimate of drug-likeness (QED) is 0.662. The molecule has 3 amide bonds. The standard InChI is InChI=1S/C19H18N6O2/c26-18(15-8-4-5-9-20-15)22-17-14-11-25(12-16(14)23-24-17)19(27)21-10-13-6-2-1-3-7-13/h1-9H,10-12H2,(H,21,27)(H2,22,23,24,26). The van der Waals surface area contributed by atoms with Crippen LogP contribution in [0.5, 0.6) is 0 Å². The number of amides is 3. The maximum Gasteiger partial charge on any atom is 0.318 e. The Hall–Kier alpha value is -3.68. The molecule has 0 unspecified atom stereocenters. The van der Waals surface area contributed by atoms with Gasteiger partial charge in [0.1, 0.15) is 5.69 Å². The highest BCUT2D eigenvalue weighted by Crippen LogP contribution is 2.27. The summed E-state index contributed by atoms with van der Waals surface area (Å²) >= 11 is 0. The number of rotatable bonds is 4. The van der Waals surface area contributed by atoms with Crippen molar-refractivity contribution in [1.29, 1.82) is 0 Å². The molecule has 4 rings (SSSR count). The molecule has 3 heterocycles. The van der Waals surface area contributed by atoms with Crippen LogP contribution in [0.25, 0.3) is 0 Å². The molecule has 0 saturated carbocycles. The molecular formula is C19H18N6O2.